The number of nitrogens with zero attached hydrogens (tertiary/aromatic N) is 2. The summed E-state index contributed by atoms with van der Waals surface area (Å²) in [5, 5.41) is 2.64. The Morgan fingerprint density at radius 2 is 1.75 bits per heavy atom. The predicted molar refractivity (Wildman–Crippen MR) is 116 cm³/mol. The lowest BCUT2D eigenvalue weighted by molar-refractivity contribution is -0.0865. The third-order valence-electron chi connectivity index (χ3n) is 5.78. The smallest absolute Gasteiger partial charge is 0.410 e. The van der Waals surface area contributed by atoms with Gasteiger partial charge in [-0.15, -0.1) is 0 Å². The van der Waals surface area contributed by atoms with E-state index in [0.717, 1.165) is 0 Å². The maximum atomic E-state index is 13.0. The number of amides is 2. The lowest BCUT2D eigenvalue weighted by atomic mass is 9.56. The Bertz CT molecular complexity index is 1050. The summed E-state index contributed by atoms with van der Waals surface area (Å²) in [5.74, 6) is -0.804. The Hall–Kier alpha value is -3.29. The molecule has 8 heteroatoms. The van der Waals surface area contributed by atoms with Gasteiger partial charge in [-0.1, -0.05) is 6.07 Å². The molecule has 0 bridgehead atoms. The number of halogens is 1. The summed E-state index contributed by atoms with van der Waals surface area (Å²) in [7, 11) is 0. The van der Waals surface area contributed by atoms with Crippen LogP contribution < -0.4 is 5.32 Å². The normalized spacial score (nSPS) is 17.3. The number of likely N-dealkylation sites (tertiary alicyclic amines) is 1. The quantitative estimate of drug-likeness (QED) is 0.718. The molecule has 2 heterocycles. The van der Waals surface area contributed by atoms with Crippen LogP contribution in [0.25, 0.3) is 0 Å². The number of ketones is 1. The zero-order valence-corrected chi connectivity index (χ0v) is 18.4. The SMILES string of the molecule is CC(C)(C)OC(=O)N1CC2(CC(C(=O)c3cccc(NC(=O)c4ccc(F)cc4)n3)C2)C1. The predicted octanol–water partition coefficient (Wildman–Crippen LogP) is 4.30. The summed E-state index contributed by atoms with van der Waals surface area (Å²) in [5.41, 5.74) is 0.0577. The molecule has 4 rings (SSSR count). The minimum Gasteiger partial charge on any atom is -0.444 e. The fourth-order valence-electron chi connectivity index (χ4n) is 4.29. The number of pyridine rings is 1. The number of hydrogen-bond donors (Lipinski definition) is 1. The average Bonchev–Trinajstić information content (AvgIpc) is 2.65. The molecular weight excluding hydrogens is 413 g/mol. The van der Waals surface area contributed by atoms with Crippen molar-refractivity contribution >= 4 is 23.6 Å². The van der Waals surface area contributed by atoms with Crippen molar-refractivity contribution < 1.29 is 23.5 Å². The van der Waals surface area contributed by atoms with E-state index >= 15 is 0 Å². The van der Waals surface area contributed by atoms with E-state index < -0.39 is 17.3 Å². The van der Waals surface area contributed by atoms with Crippen molar-refractivity contribution in [3.63, 3.8) is 0 Å². The first-order chi connectivity index (χ1) is 15.0. The minimum atomic E-state index is -0.527. The molecule has 1 aromatic carbocycles. The highest BCUT2D eigenvalue weighted by Crippen LogP contribution is 2.52. The fourth-order valence-corrected chi connectivity index (χ4v) is 4.29. The van der Waals surface area contributed by atoms with Gasteiger partial charge in [0.15, 0.2) is 5.78 Å². The Kier molecular flexibility index (Phi) is 5.48. The second-order valence-electron chi connectivity index (χ2n) is 9.67. The number of ether oxygens (including phenoxy) is 1. The van der Waals surface area contributed by atoms with Gasteiger partial charge in [0, 0.05) is 30.0 Å². The lowest BCUT2D eigenvalue weighted by Crippen LogP contribution is -2.65. The molecule has 1 saturated carbocycles. The van der Waals surface area contributed by atoms with Crippen LogP contribution in [0, 0.1) is 17.2 Å². The largest absolute Gasteiger partial charge is 0.444 e. The second-order valence-corrected chi connectivity index (χ2v) is 9.67. The topological polar surface area (TPSA) is 88.6 Å². The molecule has 7 nitrogen and oxygen atoms in total. The highest BCUT2D eigenvalue weighted by Gasteiger charge is 2.56. The van der Waals surface area contributed by atoms with Gasteiger partial charge in [-0.25, -0.2) is 14.2 Å². The number of aromatic nitrogens is 1. The Labute approximate surface area is 186 Å². The second kappa shape index (κ2) is 8.00. The molecule has 2 aliphatic rings. The van der Waals surface area contributed by atoms with Crippen molar-refractivity contribution in [1.29, 1.82) is 0 Å². The number of carbonyl (C=O) groups is 3. The lowest BCUT2D eigenvalue weighted by Gasteiger charge is -2.58. The summed E-state index contributed by atoms with van der Waals surface area (Å²) >= 11 is 0. The van der Waals surface area contributed by atoms with E-state index in [1.54, 1.807) is 23.1 Å². The first-order valence-corrected chi connectivity index (χ1v) is 10.6. The van der Waals surface area contributed by atoms with E-state index in [1.165, 1.54) is 24.3 Å². The van der Waals surface area contributed by atoms with E-state index in [-0.39, 0.29) is 29.0 Å². The van der Waals surface area contributed by atoms with Crippen molar-refractivity contribution in [2.24, 2.45) is 11.3 Å². The molecule has 1 aromatic heterocycles. The molecule has 1 aliphatic carbocycles. The third kappa shape index (κ3) is 4.64. The number of hydrogen-bond acceptors (Lipinski definition) is 5. The van der Waals surface area contributed by atoms with E-state index in [4.69, 9.17) is 4.74 Å². The van der Waals surface area contributed by atoms with Crippen molar-refractivity contribution in [1.82, 2.24) is 9.88 Å². The van der Waals surface area contributed by atoms with Gasteiger partial charge in [-0.2, -0.15) is 0 Å². The Morgan fingerprint density at radius 1 is 1.09 bits per heavy atom. The molecule has 1 saturated heterocycles. The van der Waals surface area contributed by atoms with E-state index in [9.17, 15) is 18.8 Å². The number of rotatable bonds is 4. The van der Waals surface area contributed by atoms with Crippen LogP contribution in [-0.2, 0) is 4.74 Å². The average molecular weight is 439 g/mol. The minimum absolute atomic E-state index is 0.00829. The fraction of sp³-hybridized carbons (Fsp3) is 0.417. The van der Waals surface area contributed by atoms with Gasteiger partial charge < -0.3 is 15.0 Å². The molecule has 1 N–H and O–H groups in total. The standard InChI is InChI=1S/C24H26FN3O4/c1-23(2,3)32-22(31)28-13-24(14-28)11-16(12-24)20(29)18-5-4-6-19(26-18)27-21(30)15-7-9-17(25)10-8-15/h4-10,16H,11-14H2,1-3H3,(H,26,27,30). The number of benzene rings is 1. The molecule has 2 amide bonds. The number of carbonyl (C=O) groups excluding carboxylic acids is 3. The molecular formula is C24H26FN3O4. The van der Waals surface area contributed by atoms with Crippen LogP contribution in [0.4, 0.5) is 15.0 Å². The molecule has 168 valence electrons. The van der Waals surface area contributed by atoms with Crippen molar-refractivity contribution in [2.75, 3.05) is 18.4 Å². The number of Topliss-reactive ketones (excluding diaryl/α,β-unsaturated/α-hetero) is 1. The third-order valence-corrected chi connectivity index (χ3v) is 5.78. The number of anilines is 1. The van der Waals surface area contributed by atoms with Crippen LogP contribution in [0.1, 0.15) is 54.5 Å². The van der Waals surface area contributed by atoms with Crippen LogP contribution in [0.15, 0.2) is 42.5 Å². The zero-order chi connectivity index (χ0) is 23.1. The van der Waals surface area contributed by atoms with Crippen LogP contribution in [0.5, 0.6) is 0 Å². The Morgan fingerprint density at radius 3 is 2.38 bits per heavy atom. The molecule has 0 unspecified atom stereocenters. The van der Waals surface area contributed by atoms with E-state index in [0.29, 0.717) is 37.2 Å². The summed E-state index contributed by atoms with van der Waals surface area (Å²) in [6.45, 7) is 6.71. The molecule has 1 spiro atoms. The van der Waals surface area contributed by atoms with Gasteiger partial charge in [0.1, 0.15) is 22.9 Å². The zero-order valence-electron chi connectivity index (χ0n) is 18.4. The molecule has 0 radical (unpaired) electrons. The van der Waals surface area contributed by atoms with E-state index in [1.807, 2.05) is 20.8 Å². The molecule has 1 aliphatic heterocycles. The maximum Gasteiger partial charge on any atom is 0.410 e. The summed E-state index contributed by atoms with van der Waals surface area (Å²) in [6.07, 6.45) is 1.10. The molecule has 0 atom stereocenters. The summed E-state index contributed by atoms with van der Waals surface area (Å²) in [6, 6.07) is 10.1. The molecule has 2 aromatic rings. The van der Waals surface area contributed by atoms with Gasteiger partial charge in [-0.05, 0) is 70.0 Å². The van der Waals surface area contributed by atoms with Crippen LogP contribution in [0.3, 0.4) is 0 Å². The summed E-state index contributed by atoms with van der Waals surface area (Å²) in [4.78, 5) is 43.3. The van der Waals surface area contributed by atoms with Crippen molar-refractivity contribution in [3.8, 4) is 0 Å². The van der Waals surface area contributed by atoms with Crippen molar-refractivity contribution in [3.05, 3.63) is 59.5 Å². The number of nitrogens with one attached hydrogen (secondary N) is 1. The van der Waals surface area contributed by atoms with Gasteiger partial charge in [-0.3, -0.25) is 9.59 Å². The van der Waals surface area contributed by atoms with Crippen LogP contribution in [0.2, 0.25) is 0 Å². The Balaban J connectivity index is 1.31. The molecule has 2 fully saturated rings. The van der Waals surface area contributed by atoms with Gasteiger partial charge in [0.25, 0.3) is 5.91 Å². The van der Waals surface area contributed by atoms with Gasteiger partial charge in [0.2, 0.25) is 0 Å². The molecule has 32 heavy (non-hydrogen) atoms. The highest BCUT2D eigenvalue weighted by molar-refractivity contribution is 6.04. The van der Waals surface area contributed by atoms with Crippen molar-refractivity contribution in [2.45, 2.75) is 39.2 Å². The van der Waals surface area contributed by atoms with Crippen LogP contribution in [-0.4, -0.2) is 46.4 Å². The van der Waals surface area contributed by atoms with Gasteiger partial charge >= 0.3 is 6.09 Å². The summed E-state index contributed by atoms with van der Waals surface area (Å²) < 4.78 is 18.4. The first kappa shape index (κ1) is 21.9. The van der Waals surface area contributed by atoms with E-state index in [2.05, 4.69) is 10.3 Å². The monoisotopic (exact) mass is 439 g/mol. The highest BCUT2D eigenvalue weighted by atomic mass is 19.1. The van der Waals surface area contributed by atoms with Crippen LogP contribution >= 0.6 is 0 Å². The first-order valence-electron chi connectivity index (χ1n) is 10.6. The van der Waals surface area contributed by atoms with Gasteiger partial charge in [0.05, 0.1) is 0 Å². The maximum absolute atomic E-state index is 13.0.